The number of pyridine rings is 1. The summed E-state index contributed by atoms with van der Waals surface area (Å²) in [4.78, 5) is 20.4. The first kappa shape index (κ1) is 14.0. The molecule has 3 aromatic heterocycles. The third-order valence-corrected chi connectivity index (χ3v) is 5.27. The summed E-state index contributed by atoms with van der Waals surface area (Å²) in [6.45, 7) is 4.50. The first-order valence-corrected chi connectivity index (χ1v) is 8.17. The van der Waals surface area contributed by atoms with Crippen molar-refractivity contribution < 1.29 is 4.79 Å². The largest absolute Gasteiger partial charge is 0.397 e. The summed E-state index contributed by atoms with van der Waals surface area (Å²) in [5.74, 6) is -0.140. The minimum atomic E-state index is -0.140. The molecule has 3 aromatic rings. The Morgan fingerprint density at radius 1 is 1.24 bits per heavy atom. The van der Waals surface area contributed by atoms with Crippen molar-refractivity contribution in [3.63, 3.8) is 0 Å². The van der Waals surface area contributed by atoms with Crippen molar-refractivity contribution in [2.24, 2.45) is 0 Å². The van der Waals surface area contributed by atoms with Crippen LogP contribution >= 0.6 is 22.7 Å². The Hall–Kier alpha value is -1.92. The van der Waals surface area contributed by atoms with Crippen LogP contribution in [-0.4, -0.2) is 10.9 Å². The highest BCUT2D eigenvalue weighted by molar-refractivity contribution is 7.21. The molecule has 0 radical (unpaired) electrons. The molecule has 0 bridgehead atoms. The van der Waals surface area contributed by atoms with E-state index in [1.807, 2.05) is 38.1 Å². The molecule has 0 aliphatic heterocycles. The molecule has 6 heteroatoms. The number of hydrogen-bond donors (Lipinski definition) is 2. The van der Waals surface area contributed by atoms with Gasteiger partial charge in [0.1, 0.15) is 9.71 Å². The maximum Gasteiger partial charge on any atom is 0.263 e. The topological polar surface area (TPSA) is 68.0 Å². The van der Waals surface area contributed by atoms with Gasteiger partial charge in [-0.05, 0) is 38.1 Å². The Bertz CT molecular complexity index is 820. The van der Waals surface area contributed by atoms with Crippen LogP contribution in [0, 0.1) is 13.8 Å². The summed E-state index contributed by atoms with van der Waals surface area (Å²) in [5.41, 5.74) is 7.51. The van der Waals surface area contributed by atoms with Crippen molar-refractivity contribution in [2.75, 3.05) is 5.73 Å². The molecule has 0 aromatic carbocycles. The fourth-order valence-corrected chi connectivity index (χ4v) is 3.97. The van der Waals surface area contributed by atoms with Crippen LogP contribution in [0.15, 0.2) is 24.3 Å². The molecule has 0 fully saturated rings. The van der Waals surface area contributed by atoms with E-state index in [2.05, 4.69) is 10.3 Å². The number of nitrogen functional groups attached to an aromatic ring is 1. The molecule has 0 aliphatic rings. The first-order valence-electron chi connectivity index (χ1n) is 6.53. The van der Waals surface area contributed by atoms with E-state index < -0.39 is 0 Å². The van der Waals surface area contributed by atoms with Gasteiger partial charge in [-0.15, -0.1) is 22.7 Å². The van der Waals surface area contributed by atoms with Gasteiger partial charge in [0.2, 0.25) is 0 Å². The van der Waals surface area contributed by atoms with E-state index in [1.54, 1.807) is 11.3 Å². The van der Waals surface area contributed by atoms with E-state index >= 15 is 0 Å². The molecule has 21 heavy (non-hydrogen) atoms. The second-order valence-corrected chi connectivity index (χ2v) is 7.22. The normalized spacial score (nSPS) is 11.0. The number of thiophene rings is 2. The van der Waals surface area contributed by atoms with Crippen molar-refractivity contribution in [1.29, 1.82) is 0 Å². The quantitative estimate of drug-likeness (QED) is 0.777. The van der Waals surface area contributed by atoms with Gasteiger partial charge < -0.3 is 11.1 Å². The lowest BCUT2D eigenvalue weighted by molar-refractivity contribution is 0.0956. The maximum atomic E-state index is 12.3. The maximum absolute atomic E-state index is 12.3. The SMILES string of the molecule is Cc1ccc2c(N)c(C(=O)NCc3ccc(C)s3)sc2n1. The molecular formula is C15H15N3OS2. The van der Waals surface area contributed by atoms with Crippen LogP contribution in [0.2, 0.25) is 0 Å². The molecule has 0 aliphatic carbocycles. The molecule has 0 saturated carbocycles. The van der Waals surface area contributed by atoms with Crippen LogP contribution in [0.1, 0.15) is 25.1 Å². The number of carbonyl (C=O) groups excluding carboxylic acids is 1. The molecule has 0 saturated heterocycles. The zero-order chi connectivity index (χ0) is 15.0. The third-order valence-electron chi connectivity index (χ3n) is 3.16. The molecule has 0 atom stereocenters. The number of nitrogens with zero attached hydrogens (tertiary/aromatic N) is 1. The lowest BCUT2D eigenvalue weighted by atomic mass is 10.2. The number of aryl methyl sites for hydroxylation is 2. The predicted octanol–water partition coefficient (Wildman–Crippen LogP) is 3.49. The fourth-order valence-electron chi connectivity index (χ4n) is 2.09. The van der Waals surface area contributed by atoms with E-state index in [0.717, 1.165) is 20.8 Å². The first-order chi connectivity index (χ1) is 10.0. The summed E-state index contributed by atoms with van der Waals surface area (Å²) < 4.78 is 0. The lowest BCUT2D eigenvalue weighted by Gasteiger charge is -2.02. The zero-order valence-electron chi connectivity index (χ0n) is 11.8. The van der Waals surface area contributed by atoms with Crippen molar-refractivity contribution in [2.45, 2.75) is 20.4 Å². The summed E-state index contributed by atoms with van der Waals surface area (Å²) in [6, 6.07) is 7.90. The monoisotopic (exact) mass is 317 g/mol. The Kier molecular flexibility index (Phi) is 3.65. The second-order valence-electron chi connectivity index (χ2n) is 4.85. The van der Waals surface area contributed by atoms with Crippen molar-refractivity contribution in [1.82, 2.24) is 10.3 Å². The number of carbonyl (C=O) groups is 1. The molecule has 3 heterocycles. The molecule has 3 rings (SSSR count). The van der Waals surface area contributed by atoms with Crippen LogP contribution in [0.4, 0.5) is 5.69 Å². The lowest BCUT2D eigenvalue weighted by Crippen LogP contribution is -2.22. The van der Waals surface area contributed by atoms with Crippen LogP contribution in [0.25, 0.3) is 10.2 Å². The minimum absolute atomic E-state index is 0.140. The molecule has 0 spiro atoms. The molecular weight excluding hydrogens is 302 g/mol. The van der Waals surface area contributed by atoms with Gasteiger partial charge in [-0.3, -0.25) is 4.79 Å². The van der Waals surface area contributed by atoms with Crippen LogP contribution in [-0.2, 0) is 6.54 Å². The van der Waals surface area contributed by atoms with Gasteiger partial charge in [0, 0.05) is 20.8 Å². The van der Waals surface area contributed by atoms with E-state index in [1.165, 1.54) is 16.2 Å². The van der Waals surface area contributed by atoms with Crippen LogP contribution < -0.4 is 11.1 Å². The van der Waals surface area contributed by atoms with E-state index in [0.29, 0.717) is 17.1 Å². The standard InChI is InChI=1S/C15H15N3OS2/c1-8-3-6-11-12(16)13(21-15(11)18-8)14(19)17-7-10-5-4-9(2)20-10/h3-6H,7,16H2,1-2H3,(H,17,19). The highest BCUT2D eigenvalue weighted by atomic mass is 32.1. The van der Waals surface area contributed by atoms with E-state index in [9.17, 15) is 4.79 Å². The van der Waals surface area contributed by atoms with Crippen molar-refractivity contribution >= 4 is 44.5 Å². The Labute approximate surface area is 130 Å². The molecule has 1 amide bonds. The highest BCUT2D eigenvalue weighted by Gasteiger charge is 2.17. The van der Waals surface area contributed by atoms with Gasteiger partial charge >= 0.3 is 0 Å². The number of amides is 1. The second kappa shape index (κ2) is 5.46. The van der Waals surface area contributed by atoms with E-state index in [-0.39, 0.29) is 5.91 Å². The Morgan fingerprint density at radius 3 is 2.76 bits per heavy atom. The number of fused-ring (bicyclic) bond motifs is 1. The Morgan fingerprint density at radius 2 is 2.05 bits per heavy atom. The van der Waals surface area contributed by atoms with Crippen LogP contribution in [0.3, 0.4) is 0 Å². The number of aromatic nitrogens is 1. The van der Waals surface area contributed by atoms with Gasteiger partial charge in [-0.2, -0.15) is 0 Å². The predicted molar refractivity (Wildman–Crippen MR) is 89.0 cm³/mol. The average Bonchev–Trinajstić information content (AvgIpc) is 3.00. The third kappa shape index (κ3) is 2.77. The molecule has 3 N–H and O–H groups in total. The smallest absolute Gasteiger partial charge is 0.263 e. The fraction of sp³-hybridized carbons (Fsp3) is 0.200. The van der Waals surface area contributed by atoms with E-state index in [4.69, 9.17) is 5.73 Å². The van der Waals surface area contributed by atoms with Gasteiger partial charge in [0.25, 0.3) is 5.91 Å². The van der Waals surface area contributed by atoms with Gasteiger partial charge in [-0.25, -0.2) is 4.98 Å². The summed E-state index contributed by atoms with van der Waals surface area (Å²) in [6.07, 6.45) is 0. The minimum Gasteiger partial charge on any atom is -0.397 e. The van der Waals surface area contributed by atoms with Crippen molar-refractivity contribution in [3.05, 3.63) is 44.6 Å². The Balaban J connectivity index is 1.82. The number of anilines is 1. The molecule has 0 unspecified atom stereocenters. The molecule has 108 valence electrons. The number of nitrogens with two attached hydrogens (primary N) is 1. The van der Waals surface area contributed by atoms with Gasteiger partial charge in [-0.1, -0.05) is 0 Å². The summed E-state index contributed by atoms with van der Waals surface area (Å²) in [5, 5.41) is 3.77. The number of hydrogen-bond acceptors (Lipinski definition) is 5. The van der Waals surface area contributed by atoms with Crippen molar-refractivity contribution in [3.8, 4) is 0 Å². The average molecular weight is 317 g/mol. The van der Waals surface area contributed by atoms with Gasteiger partial charge in [0.15, 0.2) is 0 Å². The highest BCUT2D eigenvalue weighted by Crippen LogP contribution is 2.32. The number of nitrogens with one attached hydrogen (secondary N) is 1. The van der Waals surface area contributed by atoms with Gasteiger partial charge in [0.05, 0.1) is 12.2 Å². The summed E-state index contributed by atoms with van der Waals surface area (Å²) in [7, 11) is 0. The van der Waals surface area contributed by atoms with Crippen LogP contribution in [0.5, 0.6) is 0 Å². The number of rotatable bonds is 3. The summed E-state index contributed by atoms with van der Waals surface area (Å²) >= 11 is 3.02. The zero-order valence-corrected chi connectivity index (χ0v) is 13.4. The molecule has 4 nitrogen and oxygen atoms in total.